The highest BCUT2D eigenvalue weighted by Crippen LogP contribution is 2.19. The van der Waals surface area contributed by atoms with Gasteiger partial charge >= 0.3 is 0 Å². The van der Waals surface area contributed by atoms with Crippen molar-refractivity contribution in [1.82, 2.24) is 15.4 Å². The van der Waals surface area contributed by atoms with E-state index in [1.807, 2.05) is 46.8 Å². The molecule has 1 fully saturated rings. The molecular formula is C23H40N4O3. The number of aliphatic imine (C=N–C) groups is 1. The summed E-state index contributed by atoms with van der Waals surface area (Å²) in [4.78, 5) is 30.5. The van der Waals surface area contributed by atoms with Crippen LogP contribution in [-0.4, -0.2) is 53.8 Å². The van der Waals surface area contributed by atoms with Crippen LogP contribution in [0.1, 0.15) is 66.0 Å². The van der Waals surface area contributed by atoms with Gasteiger partial charge in [-0.15, -0.1) is 0 Å². The number of carbonyl (C=O) groups excluding carboxylic acids is 2. The van der Waals surface area contributed by atoms with Crippen molar-refractivity contribution in [3.05, 3.63) is 30.2 Å². The van der Waals surface area contributed by atoms with Gasteiger partial charge in [-0.25, -0.2) is 0 Å². The molecule has 2 heterocycles. The number of hydrogen-bond acceptors (Lipinski definition) is 5. The van der Waals surface area contributed by atoms with Crippen molar-refractivity contribution in [2.24, 2.45) is 10.9 Å². The van der Waals surface area contributed by atoms with Crippen molar-refractivity contribution in [3.8, 4) is 0 Å². The Kier molecular flexibility index (Phi) is 15.0. The summed E-state index contributed by atoms with van der Waals surface area (Å²) in [7, 11) is 1.72. The maximum atomic E-state index is 12.4. The highest BCUT2D eigenvalue weighted by atomic mass is 16.5. The fourth-order valence-electron chi connectivity index (χ4n) is 2.84. The molecule has 1 aromatic heterocycles. The summed E-state index contributed by atoms with van der Waals surface area (Å²) in [5.74, 6) is 0.332. The predicted octanol–water partition coefficient (Wildman–Crippen LogP) is 4.19. The van der Waals surface area contributed by atoms with Crippen LogP contribution in [-0.2, 0) is 9.59 Å². The van der Waals surface area contributed by atoms with Crippen LogP contribution < -0.4 is 5.32 Å². The van der Waals surface area contributed by atoms with Crippen LogP contribution in [0.2, 0.25) is 0 Å². The zero-order chi connectivity index (χ0) is 22.9. The third-order valence-electron chi connectivity index (χ3n) is 4.30. The van der Waals surface area contributed by atoms with Gasteiger partial charge in [0.1, 0.15) is 12.3 Å². The molecule has 0 spiro atoms. The van der Waals surface area contributed by atoms with Gasteiger partial charge in [-0.1, -0.05) is 45.9 Å². The van der Waals surface area contributed by atoms with Crippen LogP contribution in [0.5, 0.6) is 0 Å². The standard InChI is InChI=1S/C17H29N3O2.C4H5NO.C2H6/c1-5-6-8-14(18-4)12-19-17(22)15-9-7-10-20(15)16(21)11-13(2)3;1-4-2-3-6-5-4;1-2/h6,8,13,15H,5,7,9-12H2,1-4H3,(H,19,22);2-3H,1H3;1-2H3/b8-6-,18-14?;;. The Bertz CT molecular complexity index is 651. The Hall–Kier alpha value is -2.44. The zero-order valence-electron chi connectivity index (χ0n) is 19.8. The fraction of sp³-hybridized carbons (Fsp3) is 0.652. The van der Waals surface area contributed by atoms with Crippen LogP contribution in [0.15, 0.2) is 34.0 Å². The zero-order valence-corrected chi connectivity index (χ0v) is 19.8. The molecule has 1 aliphatic heterocycles. The van der Waals surface area contributed by atoms with E-state index in [0.717, 1.165) is 30.7 Å². The maximum Gasteiger partial charge on any atom is 0.243 e. The summed E-state index contributed by atoms with van der Waals surface area (Å²) in [5.41, 5.74) is 1.77. The Labute approximate surface area is 182 Å². The summed E-state index contributed by atoms with van der Waals surface area (Å²) < 4.78 is 4.46. The monoisotopic (exact) mass is 420 g/mol. The Morgan fingerprint density at radius 2 is 2.10 bits per heavy atom. The number of allylic oxidation sites excluding steroid dienone is 1. The quantitative estimate of drug-likeness (QED) is 0.670. The third kappa shape index (κ3) is 10.9. The van der Waals surface area contributed by atoms with Gasteiger partial charge in [0, 0.05) is 26.1 Å². The third-order valence-corrected chi connectivity index (χ3v) is 4.30. The molecule has 1 N–H and O–H groups in total. The molecule has 1 saturated heterocycles. The Morgan fingerprint density at radius 3 is 2.57 bits per heavy atom. The molecular weight excluding hydrogens is 380 g/mol. The molecule has 7 nitrogen and oxygen atoms in total. The van der Waals surface area contributed by atoms with Crippen LogP contribution in [0.4, 0.5) is 0 Å². The molecule has 0 aromatic carbocycles. The number of aromatic nitrogens is 1. The lowest BCUT2D eigenvalue weighted by atomic mass is 10.1. The Morgan fingerprint density at radius 1 is 1.40 bits per heavy atom. The molecule has 0 saturated carbocycles. The molecule has 2 amide bonds. The highest BCUT2D eigenvalue weighted by molar-refractivity contribution is 5.99. The number of hydrogen-bond donors (Lipinski definition) is 1. The van der Waals surface area contributed by atoms with E-state index in [-0.39, 0.29) is 17.9 Å². The van der Waals surface area contributed by atoms with Crippen molar-refractivity contribution >= 4 is 17.5 Å². The van der Waals surface area contributed by atoms with E-state index in [2.05, 4.69) is 26.9 Å². The van der Waals surface area contributed by atoms with Crippen LogP contribution in [0, 0.1) is 12.8 Å². The SMILES string of the molecule is CC.CC/C=C\C(CNC(=O)C1CCCN1C(=O)CC(C)C)=NC.Cc1ccon1. The van der Waals surface area contributed by atoms with Crippen molar-refractivity contribution in [2.75, 3.05) is 20.1 Å². The molecule has 170 valence electrons. The van der Waals surface area contributed by atoms with E-state index in [9.17, 15) is 9.59 Å². The summed E-state index contributed by atoms with van der Waals surface area (Å²) in [6, 6.07) is 1.49. The average Bonchev–Trinajstić information content (AvgIpc) is 3.41. The lowest BCUT2D eigenvalue weighted by Crippen LogP contribution is -2.47. The number of carbonyl (C=O) groups is 2. The summed E-state index contributed by atoms with van der Waals surface area (Å²) in [6.07, 6.45) is 8.58. The number of likely N-dealkylation sites (tertiary alicyclic amines) is 1. The lowest BCUT2D eigenvalue weighted by Gasteiger charge is -2.24. The van der Waals surface area contributed by atoms with E-state index in [0.29, 0.717) is 25.4 Å². The lowest BCUT2D eigenvalue weighted by molar-refractivity contribution is -0.138. The first-order valence-corrected chi connectivity index (χ1v) is 10.9. The van der Waals surface area contributed by atoms with Crippen molar-refractivity contribution < 1.29 is 14.1 Å². The molecule has 7 heteroatoms. The second kappa shape index (κ2) is 16.4. The molecule has 1 atom stereocenters. The summed E-state index contributed by atoms with van der Waals surface area (Å²) in [5, 5.41) is 6.45. The number of rotatable bonds is 7. The van der Waals surface area contributed by atoms with Crippen LogP contribution >= 0.6 is 0 Å². The Balaban J connectivity index is 0.000000880. The average molecular weight is 421 g/mol. The van der Waals surface area contributed by atoms with Gasteiger partial charge in [0.05, 0.1) is 18.0 Å². The predicted molar refractivity (Wildman–Crippen MR) is 123 cm³/mol. The maximum absolute atomic E-state index is 12.4. The minimum absolute atomic E-state index is 0.0688. The topological polar surface area (TPSA) is 87.8 Å². The summed E-state index contributed by atoms with van der Waals surface area (Å²) in [6.45, 7) is 13.1. The number of aryl methyl sites for hydroxylation is 1. The molecule has 30 heavy (non-hydrogen) atoms. The number of nitrogens with zero attached hydrogens (tertiary/aromatic N) is 3. The molecule has 0 aliphatic carbocycles. The van der Waals surface area contributed by atoms with E-state index in [4.69, 9.17) is 0 Å². The van der Waals surface area contributed by atoms with Gasteiger partial charge in [-0.2, -0.15) is 0 Å². The molecule has 1 aromatic rings. The molecule has 1 unspecified atom stereocenters. The summed E-state index contributed by atoms with van der Waals surface area (Å²) >= 11 is 0. The normalized spacial score (nSPS) is 16.1. The van der Waals surface area contributed by atoms with Crippen molar-refractivity contribution in [2.45, 2.75) is 73.3 Å². The van der Waals surface area contributed by atoms with E-state index in [1.165, 1.54) is 0 Å². The van der Waals surface area contributed by atoms with Gasteiger partial charge in [0.2, 0.25) is 11.8 Å². The van der Waals surface area contributed by atoms with Gasteiger partial charge < -0.3 is 14.7 Å². The first-order valence-electron chi connectivity index (χ1n) is 10.9. The van der Waals surface area contributed by atoms with Gasteiger partial charge in [-0.05, 0) is 38.2 Å². The second-order valence-electron chi connectivity index (χ2n) is 7.23. The van der Waals surface area contributed by atoms with Gasteiger partial charge in [-0.3, -0.25) is 14.6 Å². The van der Waals surface area contributed by atoms with E-state index in [1.54, 1.807) is 24.3 Å². The van der Waals surface area contributed by atoms with Crippen LogP contribution in [0.3, 0.4) is 0 Å². The highest BCUT2D eigenvalue weighted by Gasteiger charge is 2.33. The first kappa shape index (κ1) is 27.6. The smallest absolute Gasteiger partial charge is 0.243 e. The molecule has 0 radical (unpaired) electrons. The molecule has 1 aliphatic rings. The molecule has 2 rings (SSSR count). The van der Waals surface area contributed by atoms with Crippen molar-refractivity contribution in [1.29, 1.82) is 0 Å². The van der Waals surface area contributed by atoms with E-state index < -0.39 is 0 Å². The molecule has 0 bridgehead atoms. The number of nitrogens with one attached hydrogen (secondary N) is 1. The first-order chi connectivity index (χ1) is 14.4. The van der Waals surface area contributed by atoms with E-state index >= 15 is 0 Å². The minimum Gasteiger partial charge on any atom is -0.365 e. The van der Waals surface area contributed by atoms with Gasteiger partial charge in [0.25, 0.3) is 0 Å². The van der Waals surface area contributed by atoms with Gasteiger partial charge in [0.15, 0.2) is 0 Å². The van der Waals surface area contributed by atoms with Crippen molar-refractivity contribution in [3.63, 3.8) is 0 Å². The van der Waals surface area contributed by atoms with Crippen LogP contribution in [0.25, 0.3) is 0 Å². The fourth-order valence-corrected chi connectivity index (χ4v) is 2.84. The minimum atomic E-state index is -0.320. The largest absolute Gasteiger partial charge is 0.365 e. The number of amides is 2. The second-order valence-corrected chi connectivity index (χ2v) is 7.23.